The van der Waals surface area contributed by atoms with Crippen molar-refractivity contribution in [2.45, 2.75) is 91.8 Å². The molecule has 46 heavy (non-hydrogen) atoms. The zero-order chi connectivity index (χ0) is 34.6. The molecule has 0 aliphatic carbocycles. The molecule has 2 heterocycles. The van der Waals surface area contributed by atoms with Crippen molar-refractivity contribution >= 4 is 29.5 Å². The topological polar surface area (TPSA) is 123 Å². The van der Waals surface area contributed by atoms with E-state index in [-0.39, 0.29) is 34.5 Å². The summed E-state index contributed by atoms with van der Waals surface area (Å²) in [4.78, 5) is 19.4. The van der Waals surface area contributed by atoms with Gasteiger partial charge >= 0.3 is 0 Å². The second-order valence-corrected chi connectivity index (χ2v) is 17.5. The standard InChI is InChI=1S/C16H21FN3O3Si.C16H23FN3OSi/c1-16(2,3)14-9-19(15(18-14)10-23-24(4)5)13-7-6-11(20(21)22)8-12(13)17;1-16(2,3)14-9-20(15(19-14)10-21-22(4)5)11-6-7-13(18)12(17)8-11/h6-9H,10H2,1-5H3;6-9H,10,18H2,1-5H3. The molecule has 248 valence electrons. The van der Waals surface area contributed by atoms with E-state index in [1.807, 2.05) is 44.6 Å². The molecule has 0 spiro atoms. The van der Waals surface area contributed by atoms with Crippen LogP contribution in [0.3, 0.4) is 0 Å². The molecular weight excluding hydrogens is 627 g/mol. The lowest BCUT2D eigenvalue weighted by Gasteiger charge is -2.14. The number of hydrogen-bond acceptors (Lipinski definition) is 7. The summed E-state index contributed by atoms with van der Waals surface area (Å²) in [5.41, 5.74) is 7.81. The molecule has 4 aromatic rings. The number of hydrogen-bond donors (Lipinski definition) is 1. The Hall–Kier alpha value is -3.73. The lowest BCUT2D eigenvalue weighted by atomic mass is 9.93. The number of nitro groups is 1. The first-order chi connectivity index (χ1) is 21.3. The fourth-order valence-corrected chi connectivity index (χ4v) is 4.92. The van der Waals surface area contributed by atoms with Gasteiger partial charge in [-0.1, -0.05) is 41.5 Å². The predicted octanol–water partition coefficient (Wildman–Crippen LogP) is 7.64. The molecule has 4 rings (SSSR count). The normalized spacial score (nSPS) is 12.0. The maximum Gasteiger partial charge on any atom is 0.272 e. The first kappa shape index (κ1) is 36.7. The predicted molar refractivity (Wildman–Crippen MR) is 180 cm³/mol. The van der Waals surface area contributed by atoms with Crippen molar-refractivity contribution in [1.29, 1.82) is 0 Å². The molecule has 0 amide bonds. The van der Waals surface area contributed by atoms with E-state index in [9.17, 15) is 18.9 Å². The molecule has 14 heteroatoms. The number of anilines is 1. The molecule has 2 aromatic heterocycles. The van der Waals surface area contributed by atoms with Crippen LogP contribution in [0.25, 0.3) is 11.4 Å². The van der Waals surface area contributed by atoms with E-state index in [0.29, 0.717) is 18.1 Å². The number of aromatic nitrogens is 4. The summed E-state index contributed by atoms with van der Waals surface area (Å²) in [5, 5.41) is 10.8. The quantitative estimate of drug-likeness (QED) is 0.0840. The average Bonchev–Trinajstić information content (AvgIpc) is 3.57. The summed E-state index contributed by atoms with van der Waals surface area (Å²) in [5.74, 6) is 0.270. The Morgan fingerprint density at radius 1 is 0.804 bits per heavy atom. The minimum Gasteiger partial charge on any atom is -0.410 e. The fraction of sp³-hybridized carbons (Fsp3) is 0.438. The van der Waals surface area contributed by atoms with Crippen LogP contribution in [0.4, 0.5) is 20.2 Å². The van der Waals surface area contributed by atoms with Gasteiger partial charge in [0, 0.05) is 41.0 Å². The molecule has 0 aliphatic heterocycles. The Kier molecular flexibility index (Phi) is 11.8. The second kappa shape index (κ2) is 14.8. The highest BCUT2D eigenvalue weighted by molar-refractivity contribution is 6.48. The summed E-state index contributed by atoms with van der Waals surface area (Å²) < 4.78 is 43.1. The van der Waals surface area contributed by atoms with E-state index >= 15 is 0 Å². The number of nitrogen functional groups attached to an aromatic ring is 1. The van der Waals surface area contributed by atoms with Crippen LogP contribution < -0.4 is 5.73 Å². The molecule has 2 N–H and O–H groups in total. The van der Waals surface area contributed by atoms with Gasteiger partial charge < -0.3 is 19.2 Å². The minimum absolute atomic E-state index is 0.0848. The molecule has 0 saturated carbocycles. The van der Waals surface area contributed by atoms with E-state index in [2.05, 4.69) is 43.8 Å². The van der Waals surface area contributed by atoms with Gasteiger partial charge in [-0.3, -0.25) is 14.7 Å². The van der Waals surface area contributed by atoms with Gasteiger partial charge in [0.2, 0.25) is 18.1 Å². The van der Waals surface area contributed by atoms with Crippen LogP contribution >= 0.6 is 0 Å². The van der Waals surface area contributed by atoms with Crippen molar-refractivity contribution in [2.75, 3.05) is 5.73 Å². The molecular formula is C32H44F2N6O4Si2. The monoisotopic (exact) mass is 670 g/mol. The highest BCUT2D eigenvalue weighted by Crippen LogP contribution is 2.27. The maximum atomic E-state index is 14.4. The van der Waals surface area contributed by atoms with Crippen LogP contribution in [0.1, 0.15) is 64.6 Å². The van der Waals surface area contributed by atoms with Crippen molar-refractivity contribution < 1.29 is 22.6 Å². The lowest BCUT2D eigenvalue weighted by molar-refractivity contribution is -0.385. The Morgan fingerprint density at radius 2 is 1.30 bits per heavy atom. The van der Waals surface area contributed by atoms with Crippen molar-refractivity contribution in [3.8, 4) is 11.4 Å². The Labute approximate surface area is 273 Å². The molecule has 0 unspecified atom stereocenters. The van der Waals surface area contributed by atoms with Gasteiger partial charge in [0.05, 0.1) is 47.0 Å². The van der Waals surface area contributed by atoms with Crippen molar-refractivity contribution in [2.24, 2.45) is 0 Å². The van der Waals surface area contributed by atoms with Gasteiger partial charge in [-0.05, 0) is 44.4 Å². The van der Waals surface area contributed by atoms with Crippen LogP contribution in [0, 0.1) is 21.7 Å². The Morgan fingerprint density at radius 3 is 1.74 bits per heavy atom. The smallest absolute Gasteiger partial charge is 0.272 e. The Bertz CT molecular complexity index is 1660. The number of nitrogens with two attached hydrogens (primary N) is 1. The van der Waals surface area contributed by atoms with Crippen molar-refractivity contribution in [3.63, 3.8) is 0 Å². The first-order valence-electron chi connectivity index (χ1n) is 14.8. The average molecular weight is 671 g/mol. The fourth-order valence-electron chi connectivity index (χ4n) is 4.08. The van der Waals surface area contributed by atoms with Gasteiger partial charge in [0.15, 0.2) is 5.82 Å². The summed E-state index contributed by atoms with van der Waals surface area (Å²) in [6.07, 6.45) is 3.71. The largest absolute Gasteiger partial charge is 0.410 e. The van der Waals surface area contributed by atoms with Crippen LogP contribution in [-0.4, -0.2) is 42.1 Å². The number of non-ortho nitro benzene ring substituents is 1. The number of nitrogens with zero attached hydrogens (tertiary/aromatic N) is 5. The molecule has 0 bridgehead atoms. The third kappa shape index (κ3) is 9.64. The van der Waals surface area contributed by atoms with Gasteiger partial charge in [-0.15, -0.1) is 0 Å². The highest BCUT2D eigenvalue weighted by atomic mass is 28.3. The number of halogens is 2. The molecule has 2 aromatic carbocycles. The van der Waals surface area contributed by atoms with E-state index in [4.69, 9.17) is 14.6 Å². The van der Waals surface area contributed by atoms with E-state index in [0.717, 1.165) is 23.3 Å². The number of rotatable bonds is 9. The third-order valence-electron chi connectivity index (χ3n) is 6.74. The van der Waals surface area contributed by atoms with E-state index in [1.54, 1.807) is 22.9 Å². The van der Waals surface area contributed by atoms with E-state index in [1.165, 1.54) is 18.2 Å². The summed E-state index contributed by atoms with van der Waals surface area (Å²) in [7, 11) is -1.74. The van der Waals surface area contributed by atoms with Crippen molar-refractivity contribution in [1.82, 2.24) is 19.1 Å². The van der Waals surface area contributed by atoms with Crippen LogP contribution in [0.2, 0.25) is 26.2 Å². The van der Waals surface area contributed by atoms with Gasteiger partial charge in [-0.25, -0.2) is 18.7 Å². The molecule has 0 fully saturated rings. The summed E-state index contributed by atoms with van der Waals surface area (Å²) >= 11 is 0. The lowest BCUT2D eigenvalue weighted by Crippen LogP contribution is -2.12. The second-order valence-electron chi connectivity index (χ2n) is 13.3. The molecule has 0 aliphatic rings. The van der Waals surface area contributed by atoms with Gasteiger partial charge in [0.1, 0.15) is 17.5 Å². The first-order valence-corrected chi connectivity index (χ1v) is 19.6. The van der Waals surface area contributed by atoms with Crippen molar-refractivity contribution in [3.05, 3.63) is 93.6 Å². The third-order valence-corrected chi connectivity index (χ3v) is 8.18. The highest BCUT2D eigenvalue weighted by Gasteiger charge is 2.23. The van der Waals surface area contributed by atoms with Crippen LogP contribution in [0.15, 0.2) is 48.8 Å². The summed E-state index contributed by atoms with van der Waals surface area (Å²) in [6.45, 7) is 21.2. The van der Waals surface area contributed by atoms with Crippen LogP contribution in [0.5, 0.6) is 0 Å². The molecule has 2 radical (unpaired) electrons. The van der Waals surface area contributed by atoms with Gasteiger partial charge in [0.25, 0.3) is 5.69 Å². The Balaban J connectivity index is 0.000000251. The SMILES string of the molecule is C[Si](C)OCc1nc(C(C)(C)C)cn1-c1ccc(N)c(F)c1.C[Si](C)OCc1nc(C(C)(C)C)cn1-c1ccc([N+](=O)[O-])cc1F. The summed E-state index contributed by atoms with van der Waals surface area (Å²) in [6, 6.07) is 8.40. The molecule has 0 saturated heterocycles. The maximum absolute atomic E-state index is 14.4. The molecule has 0 atom stereocenters. The number of imidazole rings is 2. The van der Waals surface area contributed by atoms with E-state index < -0.39 is 34.6 Å². The minimum atomic E-state index is -0.920. The van der Waals surface area contributed by atoms with Crippen LogP contribution in [-0.2, 0) is 32.9 Å². The number of benzene rings is 2. The zero-order valence-corrected chi connectivity index (χ0v) is 30.2. The number of nitro benzene ring substituents is 1. The van der Waals surface area contributed by atoms with Gasteiger partial charge in [-0.2, -0.15) is 0 Å². The molecule has 10 nitrogen and oxygen atoms in total. The zero-order valence-electron chi connectivity index (χ0n) is 28.2.